The number of nitrogens with one attached hydrogen (secondary N) is 1. The number of nitro benzene ring substituents is 1. The van der Waals surface area contributed by atoms with Crippen LogP contribution in [0.5, 0.6) is 17.2 Å². The normalized spacial score (nSPS) is 10.0. The quantitative estimate of drug-likeness (QED) is 0.647. The van der Waals surface area contributed by atoms with E-state index in [4.69, 9.17) is 9.47 Å². The average molecular weight is 318 g/mol. The van der Waals surface area contributed by atoms with E-state index >= 15 is 0 Å². The van der Waals surface area contributed by atoms with E-state index in [1.807, 2.05) is 0 Å². The minimum atomic E-state index is -0.682. The topological polar surface area (TPSA) is 111 Å². The van der Waals surface area contributed by atoms with Crippen molar-refractivity contribution in [1.82, 2.24) is 0 Å². The standard InChI is InChI=1S/C15H14N2O6/c1-22-12-7-6-9(17(20)21)8-10(12)16-15(19)14-11(18)4-3-5-13(14)23-2/h3-8,18H,1-2H3,(H,16,19). The lowest BCUT2D eigenvalue weighted by molar-refractivity contribution is -0.384. The average Bonchev–Trinajstić information content (AvgIpc) is 2.54. The number of phenolic OH excluding ortho intramolecular Hbond substituents is 1. The number of methoxy groups -OCH3 is 2. The van der Waals surface area contributed by atoms with Crippen molar-refractivity contribution in [3.8, 4) is 17.2 Å². The fourth-order valence-electron chi connectivity index (χ4n) is 2.01. The van der Waals surface area contributed by atoms with Crippen LogP contribution in [0.4, 0.5) is 11.4 Å². The zero-order valence-electron chi connectivity index (χ0n) is 12.4. The van der Waals surface area contributed by atoms with Gasteiger partial charge in [-0.25, -0.2) is 0 Å². The van der Waals surface area contributed by atoms with E-state index < -0.39 is 10.8 Å². The van der Waals surface area contributed by atoms with Gasteiger partial charge in [0.1, 0.15) is 22.8 Å². The highest BCUT2D eigenvalue weighted by molar-refractivity contribution is 6.08. The van der Waals surface area contributed by atoms with Gasteiger partial charge in [0.25, 0.3) is 11.6 Å². The molecule has 2 aromatic rings. The smallest absolute Gasteiger partial charge is 0.271 e. The predicted molar refractivity (Wildman–Crippen MR) is 82.3 cm³/mol. The van der Waals surface area contributed by atoms with Crippen molar-refractivity contribution < 1.29 is 24.3 Å². The first-order valence-electron chi connectivity index (χ1n) is 6.47. The molecule has 8 nitrogen and oxygen atoms in total. The van der Waals surface area contributed by atoms with E-state index in [1.54, 1.807) is 0 Å². The van der Waals surface area contributed by atoms with Gasteiger partial charge >= 0.3 is 0 Å². The fraction of sp³-hybridized carbons (Fsp3) is 0.133. The molecular formula is C15H14N2O6. The van der Waals surface area contributed by atoms with Crippen LogP contribution in [0, 0.1) is 10.1 Å². The summed E-state index contributed by atoms with van der Waals surface area (Å²) in [6.07, 6.45) is 0. The summed E-state index contributed by atoms with van der Waals surface area (Å²) in [5, 5.41) is 23.2. The Bertz CT molecular complexity index is 760. The zero-order valence-corrected chi connectivity index (χ0v) is 12.4. The van der Waals surface area contributed by atoms with Gasteiger partial charge in [-0.3, -0.25) is 14.9 Å². The molecule has 0 aliphatic rings. The van der Waals surface area contributed by atoms with Crippen LogP contribution in [0.25, 0.3) is 0 Å². The highest BCUT2D eigenvalue weighted by atomic mass is 16.6. The molecular weight excluding hydrogens is 304 g/mol. The molecule has 120 valence electrons. The fourth-order valence-corrected chi connectivity index (χ4v) is 2.01. The zero-order chi connectivity index (χ0) is 17.0. The first-order valence-corrected chi connectivity index (χ1v) is 6.47. The number of non-ortho nitro benzene ring substituents is 1. The van der Waals surface area contributed by atoms with Gasteiger partial charge in [-0.2, -0.15) is 0 Å². The first-order chi connectivity index (χ1) is 11.0. The Morgan fingerprint density at radius 2 is 1.87 bits per heavy atom. The number of anilines is 1. The number of benzene rings is 2. The molecule has 1 amide bonds. The van der Waals surface area contributed by atoms with Crippen LogP contribution in [-0.4, -0.2) is 30.2 Å². The van der Waals surface area contributed by atoms with Crippen molar-refractivity contribution in [2.75, 3.05) is 19.5 Å². The van der Waals surface area contributed by atoms with E-state index in [1.165, 1.54) is 50.6 Å². The summed E-state index contributed by atoms with van der Waals surface area (Å²) >= 11 is 0. The molecule has 0 heterocycles. The predicted octanol–water partition coefficient (Wildman–Crippen LogP) is 2.57. The number of carbonyl (C=O) groups excluding carboxylic acids is 1. The molecule has 0 bridgehead atoms. The second-order valence-corrected chi connectivity index (χ2v) is 4.45. The van der Waals surface area contributed by atoms with Crippen molar-refractivity contribution in [3.63, 3.8) is 0 Å². The lowest BCUT2D eigenvalue weighted by atomic mass is 10.1. The number of nitrogens with zero attached hydrogens (tertiary/aromatic N) is 1. The maximum Gasteiger partial charge on any atom is 0.271 e. The van der Waals surface area contributed by atoms with Gasteiger partial charge in [-0.1, -0.05) is 6.07 Å². The highest BCUT2D eigenvalue weighted by Crippen LogP contribution is 2.32. The third kappa shape index (κ3) is 3.31. The molecule has 2 aromatic carbocycles. The summed E-state index contributed by atoms with van der Waals surface area (Å²) in [4.78, 5) is 22.7. The summed E-state index contributed by atoms with van der Waals surface area (Å²) in [6, 6.07) is 8.17. The SMILES string of the molecule is COc1ccc([N+](=O)[O-])cc1NC(=O)c1c(O)cccc1OC. The Balaban J connectivity index is 2.41. The van der Waals surface area contributed by atoms with Crippen molar-refractivity contribution in [2.45, 2.75) is 0 Å². The van der Waals surface area contributed by atoms with Gasteiger partial charge < -0.3 is 19.9 Å². The van der Waals surface area contributed by atoms with Gasteiger partial charge in [-0.05, 0) is 18.2 Å². The van der Waals surface area contributed by atoms with Gasteiger partial charge in [0.05, 0.1) is 24.8 Å². The van der Waals surface area contributed by atoms with Crippen molar-refractivity contribution in [3.05, 3.63) is 52.1 Å². The van der Waals surface area contributed by atoms with Crippen LogP contribution in [0.2, 0.25) is 0 Å². The number of amides is 1. The number of hydrogen-bond donors (Lipinski definition) is 2. The first kappa shape index (κ1) is 16.1. The molecule has 0 radical (unpaired) electrons. The Labute approximate surface area is 131 Å². The Morgan fingerprint density at radius 3 is 2.48 bits per heavy atom. The molecule has 0 fully saturated rings. The molecule has 8 heteroatoms. The van der Waals surface area contributed by atoms with E-state index in [0.29, 0.717) is 0 Å². The second-order valence-electron chi connectivity index (χ2n) is 4.45. The number of nitro groups is 1. The minimum absolute atomic E-state index is 0.0800. The number of aromatic hydroxyl groups is 1. The highest BCUT2D eigenvalue weighted by Gasteiger charge is 2.20. The molecule has 0 saturated heterocycles. The van der Waals surface area contributed by atoms with Crippen LogP contribution in [0.15, 0.2) is 36.4 Å². The minimum Gasteiger partial charge on any atom is -0.507 e. The lowest BCUT2D eigenvalue weighted by Gasteiger charge is -2.13. The number of hydrogen-bond acceptors (Lipinski definition) is 6. The van der Waals surface area contributed by atoms with E-state index in [-0.39, 0.29) is 34.2 Å². The largest absolute Gasteiger partial charge is 0.507 e. The third-order valence-electron chi connectivity index (χ3n) is 3.09. The number of ether oxygens (including phenoxy) is 2. The van der Waals surface area contributed by atoms with Crippen molar-refractivity contribution in [1.29, 1.82) is 0 Å². The molecule has 0 aliphatic carbocycles. The molecule has 0 unspecified atom stereocenters. The van der Waals surface area contributed by atoms with E-state index in [2.05, 4.69) is 5.32 Å². The van der Waals surface area contributed by atoms with Crippen LogP contribution in [-0.2, 0) is 0 Å². The third-order valence-corrected chi connectivity index (χ3v) is 3.09. The molecule has 0 spiro atoms. The molecule has 2 N–H and O–H groups in total. The van der Waals surface area contributed by atoms with Crippen molar-refractivity contribution in [2.24, 2.45) is 0 Å². The summed E-state index contributed by atoms with van der Waals surface area (Å²) in [6.45, 7) is 0. The van der Waals surface area contributed by atoms with Gasteiger partial charge in [-0.15, -0.1) is 0 Å². The maximum absolute atomic E-state index is 12.4. The molecule has 0 aliphatic heterocycles. The second kappa shape index (κ2) is 6.65. The Morgan fingerprint density at radius 1 is 1.17 bits per heavy atom. The van der Waals surface area contributed by atoms with Gasteiger partial charge in [0.15, 0.2) is 0 Å². The number of carbonyl (C=O) groups is 1. The van der Waals surface area contributed by atoms with Crippen LogP contribution < -0.4 is 14.8 Å². The van der Waals surface area contributed by atoms with E-state index in [0.717, 1.165) is 0 Å². The molecule has 0 saturated carbocycles. The Kier molecular flexibility index (Phi) is 4.65. The van der Waals surface area contributed by atoms with Crippen LogP contribution in [0.3, 0.4) is 0 Å². The van der Waals surface area contributed by atoms with Crippen LogP contribution in [0.1, 0.15) is 10.4 Å². The van der Waals surface area contributed by atoms with Crippen molar-refractivity contribution >= 4 is 17.3 Å². The van der Waals surface area contributed by atoms with Crippen LogP contribution >= 0.6 is 0 Å². The summed E-state index contributed by atoms with van der Waals surface area (Å²) in [7, 11) is 2.73. The summed E-state index contributed by atoms with van der Waals surface area (Å²) in [5.74, 6) is -0.532. The molecule has 23 heavy (non-hydrogen) atoms. The molecule has 0 aromatic heterocycles. The van der Waals surface area contributed by atoms with Gasteiger partial charge in [0.2, 0.25) is 0 Å². The molecule has 0 atom stereocenters. The lowest BCUT2D eigenvalue weighted by Crippen LogP contribution is -2.14. The monoisotopic (exact) mass is 318 g/mol. The number of phenols is 1. The van der Waals surface area contributed by atoms with Gasteiger partial charge in [0, 0.05) is 12.1 Å². The Hall–Kier alpha value is -3.29. The maximum atomic E-state index is 12.4. The number of rotatable bonds is 5. The summed E-state index contributed by atoms with van der Waals surface area (Å²) < 4.78 is 10.1. The summed E-state index contributed by atoms with van der Waals surface area (Å²) in [5.41, 5.74) is -0.175. The van der Waals surface area contributed by atoms with E-state index in [9.17, 15) is 20.0 Å². The molecule has 2 rings (SSSR count).